The molecular weight excluding hydrogens is 320 g/mol. The van der Waals surface area contributed by atoms with Gasteiger partial charge in [-0.2, -0.15) is 11.8 Å². The van der Waals surface area contributed by atoms with E-state index in [1.807, 2.05) is 0 Å². The van der Waals surface area contributed by atoms with E-state index in [-0.39, 0.29) is 0 Å². The number of nitrogens with one attached hydrogen (secondary N) is 1. The first-order chi connectivity index (χ1) is 9.06. The van der Waals surface area contributed by atoms with Crippen molar-refractivity contribution in [3.8, 4) is 0 Å². The Bertz CT molecular complexity index is 423. The molecule has 1 aliphatic rings. The van der Waals surface area contributed by atoms with Crippen LogP contribution in [0, 0.1) is 0 Å². The van der Waals surface area contributed by atoms with Crippen molar-refractivity contribution in [3.63, 3.8) is 0 Å². The van der Waals surface area contributed by atoms with Gasteiger partial charge in [0, 0.05) is 46.8 Å². The Balaban J connectivity index is 2.18. The van der Waals surface area contributed by atoms with Crippen LogP contribution in [-0.4, -0.2) is 30.1 Å². The van der Waals surface area contributed by atoms with Crippen LogP contribution in [-0.2, 0) is 6.54 Å². The Morgan fingerprint density at radius 3 is 2.95 bits per heavy atom. The lowest BCUT2D eigenvalue weighted by Crippen LogP contribution is -2.37. The van der Waals surface area contributed by atoms with E-state index in [4.69, 9.17) is 0 Å². The molecule has 1 unspecified atom stereocenters. The quantitative estimate of drug-likeness (QED) is 0.893. The van der Waals surface area contributed by atoms with E-state index in [0.29, 0.717) is 6.04 Å². The van der Waals surface area contributed by atoms with E-state index in [9.17, 15) is 0 Å². The molecule has 1 aromatic carbocycles. The number of benzene rings is 1. The topological polar surface area (TPSA) is 15.3 Å². The van der Waals surface area contributed by atoms with Crippen molar-refractivity contribution in [1.29, 1.82) is 0 Å². The van der Waals surface area contributed by atoms with Gasteiger partial charge in [-0.25, -0.2) is 0 Å². The van der Waals surface area contributed by atoms with Crippen molar-refractivity contribution in [1.82, 2.24) is 5.32 Å². The van der Waals surface area contributed by atoms with Crippen molar-refractivity contribution in [2.75, 3.05) is 23.7 Å². The van der Waals surface area contributed by atoms with Gasteiger partial charge in [-0.3, -0.25) is 0 Å². The first-order valence-corrected chi connectivity index (χ1v) is 8.79. The molecule has 1 N–H and O–H groups in total. The normalized spacial score (nSPS) is 20.1. The highest BCUT2D eigenvalue weighted by Gasteiger charge is 2.19. The van der Waals surface area contributed by atoms with Crippen molar-refractivity contribution >= 4 is 33.4 Å². The molecule has 1 aliphatic heterocycles. The molecule has 1 aromatic rings. The van der Waals surface area contributed by atoms with Crippen LogP contribution in [0.15, 0.2) is 22.7 Å². The standard InChI is InChI=1S/C15H23BrN2S/c1-11(2)17-9-13-8-14(16)4-5-15(13)18-6-7-19-12(3)10-18/h4-5,8,11-12,17H,6-7,9-10H2,1-3H3. The van der Waals surface area contributed by atoms with Gasteiger partial charge in [-0.15, -0.1) is 0 Å². The van der Waals surface area contributed by atoms with Gasteiger partial charge in [0.15, 0.2) is 0 Å². The minimum absolute atomic E-state index is 0.516. The zero-order valence-corrected chi connectivity index (χ0v) is 14.4. The summed E-state index contributed by atoms with van der Waals surface area (Å²) in [5, 5.41) is 4.25. The van der Waals surface area contributed by atoms with Crippen molar-refractivity contribution < 1.29 is 0 Å². The Kier molecular flexibility index (Phi) is 5.60. The zero-order valence-electron chi connectivity index (χ0n) is 11.9. The predicted molar refractivity (Wildman–Crippen MR) is 90.3 cm³/mol. The van der Waals surface area contributed by atoms with Crippen LogP contribution >= 0.6 is 27.7 Å². The van der Waals surface area contributed by atoms with Crippen LogP contribution in [0.4, 0.5) is 5.69 Å². The Morgan fingerprint density at radius 2 is 2.26 bits per heavy atom. The summed E-state index contributed by atoms with van der Waals surface area (Å²) >= 11 is 5.67. The first-order valence-electron chi connectivity index (χ1n) is 6.94. The molecule has 19 heavy (non-hydrogen) atoms. The van der Waals surface area contributed by atoms with Crippen LogP contribution in [0.3, 0.4) is 0 Å². The second-order valence-electron chi connectivity index (χ2n) is 5.44. The fraction of sp³-hybridized carbons (Fsp3) is 0.600. The third kappa shape index (κ3) is 4.40. The summed E-state index contributed by atoms with van der Waals surface area (Å²) in [5.74, 6) is 1.23. The molecule has 1 fully saturated rings. The van der Waals surface area contributed by atoms with Gasteiger partial charge in [0.25, 0.3) is 0 Å². The molecule has 1 atom stereocenters. The molecule has 106 valence electrons. The number of anilines is 1. The summed E-state index contributed by atoms with van der Waals surface area (Å²) < 4.78 is 1.16. The van der Waals surface area contributed by atoms with Gasteiger partial charge in [0.2, 0.25) is 0 Å². The van der Waals surface area contributed by atoms with Crippen molar-refractivity contribution in [2.45, 2.75) is 38.6 Å². The molecule has 2 nitrogen and oxygen atoms in total. The Labute approximate surface area is 129 Å². The van der Waals surface area contributed by atoms with Crippen molar-refractivity contribution in [3.05, 3.63) is 28.2 Å². The van der Waals surface area contributed by atoms with Gasteiger partial charge >= 0.3 is 0 Å². The number of halogens is 1. The van der Waals surface area contributed by atoms with Gasteiger partial charge in [-0.05, 0) is 23.8 Å². The summed E-state index contributed by atoms with van der Waals surface area (Å²) in [6.07, 6.45) is 0. The molecule has 1 heterocycles. The highest BCUT2D eigenvalue weighted by atomic mass is 79.9. The van der Waals surface area contributed by atoms with E-state index in [1.54, 1.807) is 0 Å². The monoisotopic (exact) mass is 342 g/mol. The van der Waals surface area contributed by atoms with Crippen LogP contribution in [0.5, 0.6) is 0 Å². The van der Waals surface area contributed by atoms with Gasteiger partial charge in [0.1, 0.15) is 0 Å². The smallest absolute Gasteiger partial charge is 0.0413 e. The fourth-order valence-corrected chi connectivity index (χ4v) is 3.78. The molecule has 4 heteroatoms. The molecule has 0 bridgehead atoms. The molecule has 0 aliphatic carbocycles. The highest BCUT2D eigenvalue weighted by molar-refractivity contribution is 9.10. The Hall–Kier alpha value is -0.190. The number of hydrogen-bond donors (Lipinski definition) is 1. The highest BCUT2D eigenvalue weighted by Crippen LogP contribution is 2.29. The maximum atomic E-state index is 3.59. The number of thioether (sulfide) groups is 1. The second-order valence-corrected chi connectivity index (χ2v) is 7.90. The average molecular weight is 343 g/mol. The van der Waals surface area contributed by atoms with Crippen LogP contribution in [0.1, 0.15) is 26.3 Å². The number of rotatable bonds is 4. The summed E-state index contributed by atoms with van der Waals surface area (Å²) in [5.41, 5.74) is 2.78. The average Bonchev–Trinajstić information content (AvgIpc) is 2.36. The lowest BCUT2D eigenvalue weighted by Gasteiger charge is -2.34. The summed E-state index contributed by atoms with van der Waals surface area (Å²) in [4.78, 5) is 2.53. The van der Waals surface area contributed by atoms with E-state index < -0.39 is 0 Å². The van der Waals surface area contributed by atoms with E-state index >= 15 is 0 Å². The van der Waals surface area contributed by atoms with Crippen LogP contribution in [0.25, 0.3) is 0 Å². The molecule has 2 rings (SSSR count). The maximum absolute atomic E-state index is 3.59. The second kappa shape index (κ2) is 7.00. The molecule has 0 amide bonds. The predicted octanol–water partition coefficient (Wildman–Crippen LogP) is 3.89. The molecule has 0 radical (unpaired) electrons. The van der Waals surface area contributed by atoms with E-state index in [2.05, 4.69) is 76.9 Å². The fourth-order valence-electron chi connectivity index (χ4n) is 2.36. The van der Waals surface area contributed by atoms with Crippen LogP contribution in [0.2, 0.25) is 0 Å². The van der Waals surface area contributed by atoms with Crippen molar-refractivity contribution in [2.24, 2.45) is 0 Å². The largest absolute Gasteiger partial charge is 0.369 e. The van der Waals surface area contributed by atoms with E-state index in [1.165, 1.54) is 17.0 Å². The van der Waals surface area contributed by atoms with Gasteiger partial charge in [0.05, 0.1) is 0 Å². The molecule has 0 aromatic heterocycles. The van der Waals surface area contributed by atoms with Gasteiger partial charge in [-0.1, -0.05) is 36.7 Å². The summed E-state index contributed by atoms with van der Waals surface area (Å²) in [6, 6.07) is 7.17. The van der Waals surface area contributed by atoms with E-state index in [0.717, 1.165) is 29.4 Å². The maximum Gasteiger partial charge on any atom is 0.0413 e. The minimum atomic E-state index is 0.516. The summed E-state index contributed by atoms with van der Waals surface area (Å²) in [7, 11) is 0. The first kappa shape index (κ1) is 15.2. The number of hydrogen-bond acceptors (Lipinski definition) is 3. The van der Waals surface area contributed by atoms with Gasteiger partial charge < -0.3 is 10.2 Å². The lowest BCUT2D eigenvalue weighted by atomic mass is 10.1. The minimum Gasteiger partial charge on any atom is -0.369 e. The Morgan fingerprint density at radius 1 is 1.47 bits per heavy atom. The third-order valence-corrected chi connectivity index (χ3v) is 4.95. The molecule has 0 spiro atoms. The third-order valence-electron chi connectivity index (χ3n) is 3.32. The zero-order chi connectivity index (χ0) is 13.8. The molecule has 1 saturated heterocycles. The summed E-state index contributed by atoms with van der Waals surface area (Å²) in [6.45, 7) is 9.95. The lowest BCUT2D eigenvalue weighted by molar-refractivity contribution is 0.587. The van der Waals surface area contributed by atoms with Crippen LogP contribution < -0.4 is 10.2 Å². The number of nitrogens with zero attached hydrogens (tertiary/aromatic N) is 1. The molecular formula is C15H23BrN2S. The molecule has 0 saturated carbocycles. The SMILES string of the molecule is CC(C)NCc1cc(Br)ccc1N1CCSC(C)C1.